The zero-order chi connectivity index (χ0) is 24.8. The van der Waals surface area contributed by atoms with E-state index in [0.29, 0.717) is 60.8 Å². The van der Waals surface area contributed by atoms with Gasteiger partial charge < -0.3 is 23.5 Å². The quantitative estimate of drug-likeness (QED) is 0.326. The Balaban J connectivity index is 1.78. The number of hydrogen-bond acceptors (Lipinski definition) is 6. The van der Waals surface area contributed by atoms with Crippen molar-refractivity contribution in [2.75, 3.05) is 33.5 Å². The van der Waals surface area contributed by atoms with Gasteiger partial charge in [-0.1, -0.05) is 38.0 Å². The van der Waals surface area contributed by atoms with E-state index in [-0.39, 0.29) is 17.1 Å². The minimum atomic E-state index is -0.580. The second-order valence-electron chi connectivity index (χ2n) is 8.61. The molecule has 0 N–H and O–H groups in total. The van der Waals surface area contributed by atoms with E-state index in [1.165, 1.54) is 0 Å². The molecule has 2 aromatic carbocycles. The van der Waals surface area contributed by atoms with Gasteiger partial charge in [-0.2, -0.15) is 0 Å². The van der Waals surface area contributed by atoms with Gasteiger partial charge in [0.1, 0.15) is 5.58 Å². The number of carbonyl (C=O) groups excluding carboxylic acids is 1. The Morgan fingerprint density at radius 3 is 2.54 bits per heavy atom. The fourth-order valence-electron chi connectivity index (χ4n) is 4.54. The van der Waals surface area contributed by atoms with Crippen LogP contribution in [0.3, 0.4) is 0 Å². The van der Waals surface area contributed by atoms with Crippen molar-refractivity contribution in [3.8, 4) is 11.5 Å². The van der Waals surface area contributed by atoms with Crippen molar-refractivity contribution in [2.24, 2.45) is 0 Å². The SMILES string of the molecule is CCCCCOc1ccc(C2c3c(oc4ccccc4c3=O)C(=O)N2CCCOC)cc1OCC. The third kappa shape index (κ3) is 5.05. The van der Waals surface area contributed by atoms with Crippen LogP contribution in [0.1, 0.15) is 67.3 Å². The highest BCUT2D eigenvalue weighted by Gasteiger charge is 2.42. The molecular weight excluding hydrogens is 446 g/mol. The van der Waals surface area contributed by atoms with Crippen LogP contribution in [0, 0.1) is 0 Å². The number of hydrogen-bond donors (Lipinski definition) is 0. The molecule has 1 amide bonds. The monoisotopic (exact) mass is 479 g/mol. The van der Waals surface area contributed by atoms with Crippen LogP contribution in [-0.4, -0.2) is 44.3 Å². The Kier molecular flexibility index (Phi) is 8.08. The number of para-hydroxylation sites is 1. The van der Waals surface area contributed by atoms with Crippen LogP contribution in [0.2, 0.25) is 0 Å². The van der Waals surface area contributed by atoms with Crippen molar-refractivity contribution in [1.29, 1.82) is 0 Å². The molecule has 2 heterocycles. The molecule has 1 aromatic heterocycles. The number of amides is 1. The highest BCUT2D eigenvalue weighted by molar-refractivity contribution is 5.99. The maximum Gasteiger partial charge on any atom is 0.290 e. The summed E-state index contributed by atoms with van der Waals surface area (Å²) in [5.74, 6) is 1.08. The lowest BCUT2D eigenvalue weighted by Gasteiger charge is -2.26. The summed E-state index contributed by atoms with van der Waals surface area (Å²) in [4.78, 5) is 28.7. The molecule has 0 spiro atoms. The number of benzene rings is 2. The van der Waals surface area contributed by atoms with Gasteiger partial charge in [-0.3, -0.25) is 9.59 Å². The van der Waals surface area contributed by atoms with Gasteiger partial charge in [0.2, 0.25) is 5.76 Å². The minimum absolute atomic E-state index is 0.106. The van der Waals surface area contributed by atoms with Gasteiger partial charge in [0.25, 0.3) is 5.91 Å². The summed E-state index contributed by atoms with van der Waals surface area (Å²) in [5.41, 5.74) is 1.37. The molecule has 186 valence electrons. The van der Waals surface area contributed by atoms with E-state index in [9.17, 15) is 9.59 Å². The van der Waals surface area contributed by atoms with Gasteiger partial charge in [-0.05, 0) is 49.6 Å². The molecule has 7 nitrogen and oxygen atoms in total. The molecule has 0 aliphatic carbocycles. The average Bonchev–Trinajstić information content (AvgIpc) is 3.15. The molecule has 0 saturated heterocycles. The van der Waals surface area contributed by atoms with Crippen molar-refractivity contribution in [3.05, 3.63) is 69.6 Å². The fraction of sp³-hybridized carbons (Fsp3) is 0.429. The lowest BCUT2D eigenvalue weighted by atomic mass is 9.98. The van der Waals surface area contributed by atoms with E-state index in [2.05, 4.69) is 6.92 Å². The number of unbranched alkanes of at least 4 members (excludes halogenated alkanes) is 2. The number of ether oxygens (including phenoxy) is 3. The van der Waals surface area contributed by atoms with E-state index in [0.717, 1.165) is 24.8 Å². The maximum absolute atomic E-state index is 13.6. The second kappa shape index (κ2) is 11.4. The zero-order valence-electron chi connectivity index (χ0n) is 20.7. The number of nitrogens with zero attached hydrogens (tertiary/aromatic N) is 1. The minimum Gasteiger partial charge on any atom is -0.490 e. The molecule has 0 radical (unpaired) electrons. The van der Waals surface area contributed by atoms with Gasteiger partial charge in [-0.15, -0.1) is 0 Å². The first-order valence-corrected chi connectivity index (χ1v) is 12.4. The Morgan fingerprint density at radius 2 is 1.77 bits per heavy atom. The molecule has 1 atom stereocenters. The van der Waals surface area contributed by atoms with Crippen molar-refractivity contribution in [2.45, 2.75) is 45.6 Å². The fourth-order valence-corrected chi connectivity index (χ4v) is 4.54. The second-order valence-corrected chi connectivity index (χ2v) is 8.61. The molecule has 0 fully saturated rings. The van der Waals surface area contributed by atoms with E-state index >= 15 is 0 Å². The Labute approximate surface area is 205 Å². The van der Waals surface area contributed by atoms with Crippen LogP contribution in [0.15, 0.2) is 51.7 Å². The molecule has 4 rings (SSSR count). The summed E-state index contributed by atoms with van der Waals surface area (Å²) < 4.78 is 23.1. The number of methoxy groups -OCH3 is 1. The molecule has 0 bridgehead atoms. The maximum atomic E-state index is 13.6. The number of carbonyl (C=O) groups is 1. The summed E-state index contributed by atoms with van der Waals surface area (Å²) in [6.45, 7) is 6.08. The average molecular weight is 480 g/mol. The number of fused-ring (bicyclic) bond motifs is 2. The van der Waals surface area contributed by atoms with Crippen LogP contribution < -0.4 is 14.9 Å². The number of rotatable bonds is 12. The van der Waals surface area contributed by atoms with Crippen LogP contribution in [0.4, 0.5) is 0 Å². The lowest BCUT2D eigenvalue weighted by Crippen LogP contribution is -2.31. The highest BCUT2D eigenvalue weighted by Crippen LogP contribution is 2.41. The van der Waals surface area contributed by atoms with E-state index < -0.39 is 6.04 Å². The molecule has 1 unspecified atom stereocenters. The molecule has 0 saturated carbocycles. The van der Waals surface area contributed by atoms with Gasteiger partial charge in [-0.25, -0.2) is 0 Å². The first-order chi connectivity index (χ1) is 17.1. The van der Waals surface area contributed by atoms with Crippen LogP contribution in [0.25, 0.3) is 11.0 Å². The zero-order valence-corrected chi connectivity index (χ0v) is 20.7. The van der Waals surface area contributed by atoms with Crippen LogP contribution in [-0.2, 0) is 4.74 Å². The third-order valence-electron chi connectivity index (χ3n) is 6.21. The van der Waals surface area contributed by atoms with E-state index in [1.807, 2.05) is 25.1 Å². The Morgan fingerprint density at radius 1 is 0.943 bits per heavy atom. The lowest BCUT2D eigenvalue weighted by molar-refractivity contribution is 0.0707. The Bertz CT molecular complexity index is 1230. The predicted molar refractivity (Wildman–Crippen MR) is 134 cm³/mol. The standard InChI is InChI=1S/C28H33NO6/c1-4-6-9-17-34-22-14-13-19(18-23(22)33-5-2)25-24-26(30)20-11-7-8-12-21(20)35-27(24)28(31)29(25)15-10-16-32-3/h7-8,11-14,18,25H,4-6,9-10,15-17H2,1-3H3. The third-order valence-corrected chi connectivity index (χ3v) is 6.21. The van der Waals surface area contributed by atoms with Crippen molar-refractivity contribution >= 4 is 16.9 Å². The van der Waals surface area contributed by atoms with E-state index in [1.54, 1.807) is 36.3 Å². The van der Waals surface area contributed by atoms with E-state index in [4.69, 9.17) is 18.6 Å². The smallest absolute Gasteiger partial charge is 0.290 e. The first-order valence-electron chi connectivity index (χ1n) is 12.4. The molecule has 1 aliphatic rings. The van der Waals surface area contributed by atoms with Gasteiger partial charge in [0.05, 0.1) is 30.2 Å². The van der Waals surface area contributed by atoms with Crippen LogP contribution in [0.5, 0.6) is 11.5 Å². The summed E-state index contributed by atoms with van der Waals surface area (Å²) in [5, 5.41) is 0.462. The molecular formula is C28H33NO6. The molecule has 3 aromatic rings. The summed E-state index contributed by atoms with van der Waals surface area (Å²) in [6.07, 6.45) is 3.82. The normalized spacial score (nSPS) is 15.0. The topological polar surface area (TPSA) is 78.2 Å². The summed E-state index contributed by atoms with van der Waals surface area (Å²) in [6, 6.07) is 12.1. The van der Waals surface area contributed by atoms with Gasteiger partial charge in [0, 0.05) is 20.3 Å². The van der Waals surface area contributed by atoms with Gasteiger partial charge in [0.15, 0.2) is 16.9 Å². The van der Waals surface area contributed by atoms with Crippen molar-refractivity contribution in [1.82, 2.24) is 4.90 Å². The molecule has 7 heteroatoms. The Hall–Kier alpha value is -3.32. The van der Waals surface area contributed by atoms with Crippen molar-refractivity contribution in [3.63, 3.8) is 0 Å². The summed E-state index contributed by atoms with van der Waals surface area (Å²) in [7, 11) is 1.63. The first kappa shape index (κ1) is 24.8. The van der Waals surface area contributed by atoms with Gasteiger partial charge >= 0.3 is 0 Å². The summed E-state index contributed by atoms with van der Waals surface area (Å²) >= 11 is 0. The predicted octanol–water partition coefficient (Wildman–Crippen LogP) is 5.34. The molecule has 35 heavy (non-hydrogen) atoms. The highest BCUT2D eigenvalue weighted by atomic mass is 16.5. The largest absolute Gasteiger partial charge is 0.490 e. The van der Waals surface area contributed by atoms with Crippen LogP contribution >= 0.6 is 0 Å². The molecule has 1 aliphatic heterocycles. The van der Waals surface area contributed by atoms with Crippen molar-refractivity contribution < 1.29 is 23.4 Å².